The van der Waals surface area contributed by atoms with Gasteiger partial charge in [0.2, 0.25) is 0 Å². The van der Waals surface area contributed by atoms with E-state index >= 15 is 0 Å². The van der Waals surface area contributed by atoms with Gasteiger partial charge >= 0.3 is 5.97 Å². The Kier molecular flexibility index (Phi) is 6.15. The molecule has 1 unspecified atom stereocenters. The number of aryl methyl sites for hydroxylation is 1. The summed E-state index contributed by atoms with van der Waals surface area (Å²) in [6.07, 6.45) is 2.49. The van der Waals surface area contributed by atoms with E-state index in [1.807, 2.05) is 13.8 Å². The summed E-state index contributed by atoms with van der Waals surface area (Å²) in [5.74, 6) is -0.679. The molecule has 1 rings (SSSR count). The van der Waals surface area contributed by atoms with Crippen LogP contribution in [0.3, 0.4) is 0 Å². The van der Waals surface area contributed by atoms with Crippen LogP contribution in [-0.2, 0) is 4.79 Å². The third-order valence-electron chi connectivity index (χ3n) is 3.07. The number of carboxylic acid groups (broad SMARTS) is 1. The quantitative estimate of drug-likeness (QED) is 0.801. The van der Waals surface area contributed by atoms with Crippen LogP contribution in [0.5, 0.6) is 0 Å². The Morgan fingerprint density at radius 2 is 2.10 bits per heavy atom. The Morgan fingerprint density at radius 3 is 2.65 bits per heavy atom. The zero-order valence-corrected chi connectivity index (χ0v) is 12.2. The molecule has 0 aliphatic carbocycles. The number of hydrogen-bond acceptors (Lipinski definition) is 3. The fourth-order valence-electron chi connectivity index (χ4n) is 2.21. The molecule has 1 aromatic heterocycles. The van der Waals surface area contributed by atoms with Gasteiger partial charge in [0.15, 0.2) is 0 Å². The van der Waals surface area contributed by atoms with Crippen LogP contribution in [0.2, 0.25) is 0 Å². The van der Waals surface area contributed by atoms with E-state index in [4.69, 9.17) is 5.11 Å². The average Bonchev–Trinajstić information content (AvgIpc) is 2.34. The summed E-state index contributed by atoms with van der Waals surface area (Å²) in [4.78, 5) is 26.9. The Morgan fingerprint density at radius 1 is 1.40 bits per heavy atom. The minimum absolute atomic E-state index is 0.0478. The lowest BCUT2D eigenvalue weighted by molar-refractivity contribution is -0.138. The van der Waals surface area contributed by atoms with Gasteiger partial charge in [-0.15, -0.1) is 0 Å². The number of carbonyl (C=O) groups excluding carboxylic acids is 1. The Bertz CT molecular complexity index is 472. The maximum absolute atomic E-state index is 12.0. The van der Waals surface area contributed by atoms with E-state index in [1.54, 1.807) is 25.3 Å². The fraction of sp³-hybridized carbons (Fsp3) is 0.533. The molecule has 1 amide bonds. The summed E-state index contributed by atoms with van der Waals surface area (Å²) in [6.45, 7) is 6.24. The van der Waals surface area contributed by atoms with Crippen molar-refractivity contribution in [2.45, 2.75) is 33.6 Å². The maximum Gasteiger partial charge on any atom is 0.303 e. The Balaban J connectivity index is 2.60. The molecule has 0 aromatic carbocycles. The van der Waals surface area contributed by atoms with Gasteiger partial charge in [0, 0.05) is 24.9 Å². The fourth-order valence-corrected chi connectivity index (χ4v) is 2.21. The molecule has 1 aromatic rings. The van der Waals surface area contributed by atoms with E-state index in [1.165, 1.54) is 0 Å². The maximum atomic E-state index is 12.0. The smallest absolute Gasteiger partial charge is 0.303 e. The first-order chi connectivity index (χ1) is 9.40. The van der Waals surface area contributed by atoms with Crippen LogP contribution in [0.4, 0.5) is 0 Å². The Hall–Kier alpha value is -1.91. The predicted octanol–water partition coefficient (Wildman–Crippen LogP) is 2.26. The van der Waals surface area contributed by atoms with E-state index < -0.39 is 5.97 Å². The molecule has 0 bridgehead atoms. The monoisotopic (exact) mass is 278 g/mol. The molecule has 0 fully saturated rings. The number of nitrogens with zero attached hydrogens (tertiary/aromatic N) is 1. The molecule has 0 aliphatic heterocycles. The molecule has 2 N–H and O–H groups in total. The Labute approximate surface area is 119 Å². The second-order valence-corrected chi connectivity index (χ2v) is 5.44. The van der Waals surface area contributed by atoms with Gasteiger partial charge in [-0.25, -0.2) is 0 Å². The van der Waals surface area contributed by atoms with Gasteiger partial charge in [-0.2, -0.15) is 0 Å². The second-order valence-electron chi connectivity index (χ2n) is 5.44. The lowest BCUT2D eigenvalue weighted by Gasteiger charge is -2.18. The molecule has 5 nitrogen and oxygen atoms in total. The van der Waals surface area contributed by atoms with Crippen LogP contribution in [0.1, 0.15) is 42.7 Å². The molecule has 0 saturated carbocycles. The SMILES string of the molecule is Cc1ncccc1C(=O)NCC(CC(=O)O)CC(C)C. The first-order valence-corrected chi connectivity index (χ1v) is 6.81. The van der Waals surface area contributed by atoms with Crippen molar-refractivity contribution in [2.24, 2.45) is 11.8 Å². The standard InChI is InChI=1S/C15H22N2O3/c1-10(2)7-12(8-14(18)19)9-17-15(20)13-5-4-6-16-11(13)3/h4-6,10,12H,7-9H2,1-3H3,(H,17,20)(H,18,19). The normalized spacial score (nSPS) is 12.2. The zero-order chi connectivity index (χ0) is 15.1. The summed E-state index contributed by atoms with van der Waals surface area (Å²) in [7, 11) is 0. The van der Waals surface area contributed by atoms with Crippen molar-refractivity contribution in [1.29, 1.82) is 0 Å². The second kappa shape index (κ2) is 7.62. The number of aliphatic carboxylic acids is 1. The topological polar surface area (TPSA) is 79.3 Å². The zero-order valence-electron chi connectivity index (χ0n) is 12.2. The van der Waals surface area contributed by atoms with Crippen LogP contribution in [0.15, 0.2) is 18.3 Å². The van der Waals surface area contributed by atoms with Gasteiger partial charge in [0.25, 0.3) is 5.91 Å². The van der Waals surface area contributed by atoms with E-state index in [0.717, 1.165) is 6.42 Å². The van der Waals surface area contributed by atoms with Crippen molar-refractivity contribution in [2.75, 3.05) is 6.54 Å². The number of hydrogen-bond donors (Lipinski definition) is 2. The highest BCUT2D eigenvalue weighted by molar-refractivity contribution is 5.95. The molecule has 0 radical (unpaired) electrons. The van der Waals surface area contributed by atoms with Gasteiger partial charge in [0.1, 0.15) is 0 Å². The van der Waals surface area contributed by atoms with E-state index in [2.05, 4.69) is 10.3 Å². The number of carbonyl (C=O) groups is 2. The number of amides is 1. The molecular formula is C15H22N2O3. The molecule has 0 saturated heterocycles. The molecule has 1 atom stereocenters. The largest absolute Gasteiger partial charge is 0.481 e. The van der Waals surface area contributed by atoms with E-state index in [-0.39, 0.29) is 18.2 Å². The number of pyridine rings is 1. The first kappa shape index (κ1) is 16.1. The number of aromatic nitrogens is 1. The molecular weight excluding hydrogens is 256 g/mol. The summed E-state index contributed by atoms with van der Waals surface area (Å²) in [6, 6.07) is 3.43. The van der Waals surface area contributed by atoms with Gasteiger partial charge in [-0.05, 0) is 37.3 Å². The molecule has 110 valence electrons. The highest BCUT2D eigenvalue weighted by Gasteiger charge is 2.17. The molecule has 20 heavy (non-hydrogen) atoms. The van der Waals surface area contributed by atoms with Crippen LogP contribution < -0.4 is 5.32 Å². The average molecular weight is 278 g/mol. The van der Waals surface area contributed by atoms with Crippen molar-refractivity contribution < 1.29 is 14.7 Å². The van der Waals surface area contributed by atoms with Crippen molar-refractivity contribution in [3.63, 3.8) is 0 Å². The third-order valence-corrected chi connectivity index (χ3v) is 3.07. The first-order valence-electron chi connectivity index (χ1n) is 6.81. The van der Waals surface area contributed by atoms with Crippen LogP contribution in [-0.4, -0.2) is 28.5 Å². The van der Waals surface area contributed by atoms with Crippen LogP contribution in [0, 0.1) is 18.8 Å². The lowest BCUT2D eigenvalue weighted by atomic mass is 9.94. The van der Waals surface area contributed by atoms with E-state index in [9.17, 15) is 9.59 Å². The predicted molar refractivity (Wildman–Crippen MR) is 76.5 cm³/mol. The molecule has 0 spiro atoms. The highest BCUT2D eigenvalue weighted by atomic mass is 16.4. The molecule has 1 heterocycles. The van der Waals surface area contributed by atoms with Crippen LogP contribution in [0.25, 0.3) is 0 Å². The van der Waals surface area contributed by atoms with Crippen molar-refractivity contribution in [3.8, 4) is 0 Å². The lowest BCUT2D eigenvalue weighted by Crippen LogP contribution is -2.31. The summed E-state index contributed by atoms with van der Waals surface area (Å²) >= 11 is 0. The molecule has 0 aliphatic rings. The summed E-state index contributed by atoms with van der Waals surface area (Å²) in [5.41, 5.74) is 1.20. The van der Waals surface area contributed by atoms with Gasteiger partial charge in [0.05, 0.1) is 5.56 Å². The number of nitrogens with one attached hydrogen (secondary N) is 1. The van der Waals surface area contributed by atoms with Gasteiger partial charge in [-0.3, -0.25) is 14.6 Å². The summed E-state index contributed by atoms with van der Waals surface area (Å²) in [5, 5.41) is 11.7. The van der Waals surface area contributed by atoms with Crippen molar-refractivity contribution >= 4 is 11.9 Å². The minimum Gasteiger partial charge on any atom is -0.481 e. The highest BCUT2D eigenvalue weighted by Crippen LogP contribution is 2.15. The minimum atomic E-state index is -0.831. The van der Waals surface area contributed by atoms with Crippen LogP contribution >= 0.6 is 0 Å². The summed E-state index contributed by atoms with van der Waals surface area (Å²) < 4.78 is 0. The number of carboxylic acids is 1. The van der Waals surface area contributed by atoms with Gasteiger partial charge < -0.3 is 10.4 Å². The molecule has 5 heteroatoms. The van der Waals surface area contributed by atoms with Gasteiger partial charge in [-0.1, -0.05) is 13.8 Å². The van der Waals surface area contributed by atoms with Crippen molar-refractivity contribution in [3.05, 3.63) is 29.6 Å². The van der Waals surface area contributed by atoms with E-state index in [0.29, 0.717) is 23.7 Å². The number of rotatable bonds is 7. The van der Waals surface area contributed by atoms with Crippen molar-refractivity contribution in [1.82, 2.24) is 10.3 Å². The third kappa shape index (κ3) is 5.38.